The summed E-state index contributed by atoms with van der Waals surface area (Å²) in [5.41, 5.74) is 2.62. The fourth-order valence-corrected chi connectivity index (χ4v) is 4.34. The lowest BCUT2D eigenvalue weighted by Gasteiger charge is -2.27. The Balaban J connectivity index is 1.47. The zero-order chi connectivity index (χ0) is 27.1. The van der Waals surface area contributed by atoms with Crippen LogP contribution < -0.4 is 10.2 Å². The Morgan fingerprint density at radius 2 is 1.39 bits per heavy atom. The molecule has 0 aliphatic heterocycles. The minimum atomic E-state index is -1.96. The van der Waals surface area contributed by atoms with E-state index < -0.39 is 17.5 Å². The molecule has 0 unspecified atom stereocenters. The SMILES string of the molecule is O=C(O)c1ccc(COc2c(Cl)cc(/C=N/NC(=O)C(O)(c3ccccc3)c3ccccc3)cc2Cl)cc1. The Bertz CT molecular complexity index is 1400. The van der Waals surface area contributed by atoms with Gasteiger partial charge in [0.05, 0.1) is 21.8 Å². The van der Waals surface area contributed by atoms with E-state index in [2.05, 4.69) is 10.5 Å². The summed E-state index contributed by atoms with van der Waals surface area (Å²) in [6.07, 6.45) is 1.35. The first-order chi connectivity index (χ1) is 18.3. The summed E-state index contributed by atoms with van der Waals surface area (Å²) in [6, 6.07) is 26.5. The third kappa shape index (κ3) is 6.03. The Kier molecular flexibility index (Phi) is 8.43. The molecule has 0 atom stereocenters. The number of hydrogen-bond donors (Lipinski definition) is 3. The van der Waals surface area contributed by atoms with Gasteiger partial charge < -0.3 is 14.9 Å². The van der Waals surface area contributed by atoms with Gasteiger partial charge in [0.15, 0.2) is 11.4 Å². The third-order valence-corrected chi connectivity index (χ3v) is 6.26. The van der Waals surface area contributed by atoms with Gasteiger partial charge in [-0.3, -0.25) is 4.79 Å². The fraction of sp³-hybridized carbons (Fsp3) is 0.0690. The van der Waals surface area contributed by atoms with Crippen molar-refractivity contribution in [1.82, 2.24) is 5.43 Å². The number of carboxylic acids is 1. The first-order valence-corrected chi connectivity index (χ1v) is 12.2. The van der Waals surface area contributed by atoms with Crippen LogP contribution in [0.4, 0.5) is 0 Å². The summed E-state index contributed by atoms with van der Waals surface area (Å²) in [7, 11) is 0. The van der Waals surface area contributed by atoms with Crippen LogP contribution in [0.5, 0.6) is 5.75 Å². The molecule has 3 N–H and O–H groups in total. The number of hydrogen-bond acceptors (Lipinski definition) is 5. The number of nitrogens with one attached hydrogen (secondary N) is 1. The number of carbonyl (C=O) groups excluding carboxylic acids is 1. The molecule has 1 amide bonds. The van der Waals surface area contributed by atoms with Crippen LogP contribution in [0.1, 0.15) is 32.6 Å². The van der Waals surface area contributed by atoms with Crippen molar-refractivity contribution in [3.63, 3.8) is 0 Å². The number of carbonyl (C=O) groups is 2. The van der Waals surface area contributed by atoms with Gasteiger partial charge in [-0.15, -0.1) is 0 Å². The van der Waals surface area contributed by atoms with E-state index in [0.717, 1.165) is 5.56 Å². The number of aromatic carboxylic acids is 1. The van der Waals surface area contributed by atoms with E-state index in [1.807, 2.05) is 0 Å². The number of aliphatic hydroxyl groups is 1. The zero-order valence-electron chi connectivity index (χ0n) is 19.8. The second-order valence-electron chi connectivity index (χ2n) is 8.25. The molecule has 0 saturated carbocycles. The topological polar surface area (TPSA) is 108 Å². The quantitative estimate of drug-likeness (QED) is 0.185. The maximum absolute atomic E-state index is 13.1. The van der Waals surface area contributed by atoms with Crippen LogP contribution >= 0.6 is 23.2 Å². The second kappa shape index (κ2) is 11.9. The van der Waals surface area contributed by atoms with Crippen LogP contribution in [-0.4, -0.2) is 28.3 Å². The highest BCUT2D eigenvalue weighted by Gasteiger charge is 2.39. The van der Waals surface area contributed by atoms with Crippen LogP contribution in [0.25, 0.3) is 0 Å². The van der Waals surface area contributed by atoms with Gasteiger partial charge in [-0.2, -0.15) is 5.10 Å². The first kappa shape index (κ1) is 26.9. The van der Waals surface area contributed by atoms with Gasteiger partial charge in [-0.25, -0.2) is 10.2 Å². The summed E-state index contributed by atoms with van der Waals surface area (Å²) >= 11 is 12.7. The van der Waals surface area contributed by atoms with Crippen molar-refractivity contribution in [2.75, 3.05) is 0 Å². The van der Waals surface area contributed by atoms with Crippen LogP contribution in [0, 0.1) is 0 Å². The van der Waals surface area contributed by atoms with E-state index in [1.165, 1.54) is 18.3 Å². The minimum Gasteiger partial charge on any atom is -0.486 e. The lowest BCUT2D eigenvalue weighted by Crippen LogP contribution is -2.43. The Hall–Kier alpha value is -4.17. The average molecular weight is 549 g/mol. The molecule has 0 aliphatic carbocycles. The number of amides is 1. The first-order valence-electron chi connectivity index (χ1n) is 11.4. The van der Waals surface area contributed by atoms with Crippen LogP contribution in [-0.2, 0) is 17.0 Å². The number of nitrogens with zero attached hydrogens (tertiary/aromatic N) is 1. The molecule has 4 aromatic rings. The molecule has 0 heterocycles. The third-order valence-electron chi connectivity index (χ3n) is 5.70. The summed E-state index contributed by atoms with van der Waals surface area (Å²) in [4.78, 5) is 24.1. The average Bonchev–Trinajstić information content (AvgIpc) is 2.93. The maximum Gasteiger partial charge on any atom is 0.335 e. The summed E-state index contributed by atoms with van der Waals surface area (Å²) in [5, 5.41) is 24.9. The molecule has 0 saturated heterocycles. The fourth-order valence-electron chi connectivity index (χ4n) is 3.72. The molecule has 0 fully saturated rings. The molecule has 0 aromatic heterocycles. The number of rotatable bonds is 9. The van der Waals surface area contributed by atoms with Crippen LogP contribution in [0.3, 0.4) is 0 Å². The predicted octanol–water partition coefficient (Wildman–Crippen LogP) is 5.66. The number of carboxylic acid groups (broad SMARTS) is 1. The number of ether oxygens (including phenoxy) is 1. The molecule has 7 nitrogen and oxygen atoms in total. The largest absolute Gasteiger partial charge is 0.486 e. The van der Waals surface area contributed by atoms with Gasteiger partial charge >= 0.3 is 5.97 Å². The highest BCUT2D eigenvalue weighted by Crippen LogP contribution is 2.34. The van der Waals surface area contributed by atoms with Crippen molar-refractivity contribution >= 4 is 41.3 Å². The minimum absolute atomic E-state index is 0.125. The van der Waals surface area contributed by atoms with E-state index in [1.54, 1.807) is 84.9 Å². The van der Waals surface area contributed by atoms with Gasteiger partial charge in [-0.1, -0.05) is 96.0 Å². The lowest BCUT2D eigenvalue weighted by atomic mass is 9.85. The van der Waals surface area contributed by atoms with E-state index in [4.69, 9.17) is 33.0 Å². The maximum atomic E-state index is 13.1. The second-order valence-corrected chi connectivity index (χ2v) is 9.06. The molecule has 0 radical (unpaired) electrons. The molecule has 38 heavy (non-hydrogen) atoms. The Morgan fingerprint density at radius 1 is 0.868 bits per heavy atom. The molecule has 0 aliphatic rings. The summed E-state index contributed by atoms with van der Waals surface area (Å²) < 4.78 is 5.74. The molecule has 192 valence electrons. The monoisotopic (exact) mass is 548 g/mol. The van der Waals surface area contributed by atoms with Crippen molar-refractivity contribution in [3.8, 4) is 5.75 Å². The smallest absolute Gasteiger partial charge is 0.335 e. The van der Waals surface area contributed by atoms with Gasteiger partial charge in [0.2, 0.25) is 0 Å². The molecule has 9 heteroatoms. The van der Waals surface area contributed by atoms with Gasteiger partial charge in [0.25, 0.3) is 5.91 Å². The van der Waals surface area contributed by atoms with E-state index >= 15 is 0 Å². The lowest BCUT2D eigenvalue weighted by molar-refractivity contribution is -0.136. The van der Waals surface area contributed by atoms with Crippen molar-refractivity contribution in [3.05, 3.63) is 135 Å². The van der Waals surface area contributed by atoms with Crippen molar-refractivity contribution in [2.45, 2.75) is 12.2 Å². The standard InChI is InChI=1S/C29H22Cl2N2O5/c30-24-15-20(16-25(31)26(24)38-18-19-11-13-21(14-12-19)27(34)35)17-32-33-28(36)29(37,22-7-3-1-4-8-22)23-9-5-2-6-10-23/h1-17,37H,18H2,(H,33,36)(H,34,35)/b32-17+. The number of benzene rings is 4. The van der Waals surface area contributed by atoms with Crippen LogP contribution in [0.2, 0.25) is 10.0 Å². The highest BCUT2D eigenvalue weighted by molar-refractivity contribution is 6.37. The van der Waals surface area contributed by atoms with Gasteiger partial charge in [-0.05, 0) is 46.5 Å². The Morgan fingerprint density at radius 3 is 1.89 bits per heavy atom. The van der Waals surface area contributed by atoms with Crippen molar-refractivity contribution in [2.24, 2.45) is 5.10 Å². The summed E-state index contributed by atoms with van der Waals surface area (Å²) in [6.45, 7) is 0.125. The highest BCUT2D eigenvalue weighted by atomic mass is 35.5. The molecular formula is C29H22Cl2N2O5. The van der Waals surface area contributed by atoms with Crippen molar-refractivity contribution < 1.29 is 24.5 Å². The molecule has 4 aromatic carbocycles. The Labute approximate surface area is 228 Å². The summed E-state index contributed by atoms with van der Waals surface area (Å²) in [5.74, 6) is -1.50. The number of hydrazone groups is 1. The number of halogens is 2. The van der Waals surface area contributed by atoms with Crippen molar-refractivity contribution in [1.29, 1.82) is 0 Å². The van der Waals surface area contributed by atoms with Crippen LogP contribution in [0.15, 0.2) is 102 Å². The molecule has 4 rings (SSSR count). The van der Waals surface area contributed by atoms with Gasteiger partial charge in [0.1, 0.15) is 6.61 Å². The van der Waals surface area contributed by atoms with Gasteiger partial charge in [0, 0.05) is 0 Å². The predicted molar refractivity (Wildman–Crippen MR) is 146 cm³/mol. The molecule has 0 spiro atoms. The molecule has 0 bridgehead atoms. The normalized spacial score (nSPS) is 11.3. The molecular weight excluding hydrogens is 527 g/mol. The van der Waals surface area contributed by atoms with E-state index in [9.17, 15) is 14.7 Å². The van der Waals surface area contributed by atoms with E-state index in [-0.39, 0.29) is 28.0 Å². The van der Waals surface area contributed by atoms with E-state index in [0.29, 0.717) is 16.7 Å². The zero-order valence-corrected chi connectivity index (χ0v) is 21.4.